The van der Waals surface area contributed by atoms with E-state index in [2.05, 4.69) is 96.9 Å². The van der Waals surface area contributed by atoms with Gasteiger partial charge in [-0.15, -0.1) is 104 Å². The summed E-state index contributed by atoms with van der Waals surface area (Å²) in [6.07, 6.45) is 7.22. The zero-order valence-corrected chi connectivity index (χ0v) is 99.7. The number of hydrogen-bond donors (Lipinski definition) is 5. The Morgan fingerprint density at radius 1 is 0.599 bits per heavy atom. The van der Waals surface area contributed by atoms with E-state index in [0.29, 0.717) is 151 Å². The summed E-state index contributed by atoms with van der Waals surface area (Å²) in [4.78, 5) is 94.9. The van der Waals surface area contributed by atoms with Crippen LogP contribution in [0.4, 0.5) is 57.3 Å². The SMILES string of the molecule is CCOC(=O)CS.FCC1CNCCO1.ICI.OB(O)c1ccc(Cl)cc1Cl.[C-]#[N+]C(C#N)=C(SC)SC.[C-]#[N+]c1c(N2CCOC(CF)C2)sc(C(=O)OCC)c1-c1ccc(Cl)cc1Cl.[C-]#[N+]c1c(N2CCOC(CF)C2)sc(C(=O)OCC)c1I.[C-]#[N+]c1c(S(C)(=O)=O)sc(C(=O)OCC)c1I.[C-]#[N+]c1c(SC)sc(C(=O)OCC)c1I.[C-]#[N+]c1c(SC)sc(C(=O)OCC)c1N.[Na+].[OH-]. The smallest absolute Gasteiger partial charge is 0.870 e. The number of nitriles is 1. The number of thiophene rings is 5. The number of nitrogens with two attached hydrogens (primary N) is 1. The number of anilines is 3. The molecule has 3 atom stereocenters. The average molecular weight is 2760 g/mol. The predicted molar refractivity (Wildman–Crippen MR) is 590 cm³/mol. The molecule has 3 unspecified atom stereocenters. The largest absolute Gasteiger partial charge is 1.00 e. The molecule has 31 nitrogen and oxygen atoms in total. The van der Waals surface area contributed by atoms with Gasteiger partial charge in [0, 0.05) is 87.4 Å². The van der Waals surface area contributed by atoms with Gasteiger partial charge in [-0.05, 0) is 96.4 Å². The van der Waals surface area contributed by atoms with Crippen molar-refractivity contribution in [3.05, 3.63) is 170 Å². The molecule has 0 bridgehead atoms. The normalized spacial score (nSPS) is 13.4. The summed E-state index contributed by atoms with van der Waals surface area (Å²) in [6.45, 7) is 58.0. The number of benzene rings is 2. The molecule has 3 aliphatic heterocycles. The molecule has 5 aromatic heterocycles. The van der Waals surface area contributed by atoms with Crippen LogP contribution in [0.5, 0.6) is 0 Å². The average Bonchev–Trinajstić information content (AvgIpc) is 1.62. The molecule has 0 saturated carbocycles. The zero-order valence-electron chi connectivity index (χ0n) is 74.9. The van der Waals surface area contributed by atoms with E-state index < -0.39 is 66.4 Å². The Bertz CT molecular complexity index is 5460. The second-order valence-electron chi connectivity index (χ2n) is 24.5. The second kappa shape index (κ2) is 75.2. The molecule has 6 N–H and O–H groups in total. The van der Waals surface area contributed by atoms with Crippen molar-refractivity contribution < 1.29 is 138 Å². The Balaban J connectivity index is 0. The Hall–Kier alpha value is -3.59. The van der Waals surface area contributed by atoms with Crippen LogP contribution in [0.15, 0.2) is 59.0 Å². The van der Waals surface area contributed by atoms with Crippen LogP contribution in [0, 0.1) is 61.5 Å². The molecule has 0 radical (unpaired) electrons. The number of alkyl halides is 5. The predicted octanol–water partition coefficient (Wildman–Crippen LogP) is 20.0. The first-order valence-electron chi connectivity index (χ1n) is 38.4. The van der Waals surface area contributed by atoms with Crippen molar-refractivity contribution in [2.24, 2.45) is 0 Å². The number of rotatable bonds is 24. The number of thiol groups is 1. The van der Waals surface area contributed by atoms with E-state index >= 15 is 0 Å². The fourth-order valence-electron chi connectivity index (χ4n) is 10.1. The molecule has 0 spiro atoms. The van der Waals surface area contributed by atoms with Crippen LogP contribution < -0.4 is 55.9 Å². The third-order valence-electron chi connectivity index (χ3n) is 15.8. The Kier molecular flexibility index (Phi) is 74.3. The summed E-state index contributed by atoms with van der Waals surface area (Å²) >= 11 is 49.0. The maximum atomic E-state index is 13.1. The van der Waals surface area contributed by atoms with Crippen LogP contribution in [-0.2, 0) is 57.3 Å². The molecule has 56 heteroatoms. The number of thioether (sulfide) groups is 4. The van der Waals surface area contributed by atoms with Gasteiger partial charge in [-0.2, -0.15) is 12.6 Å². The number of allylic oxidation sites excluding steroid dienone is 1. The summed E-state index contributed by atoms with van der Waals surface area (Å²) in [5.41, 5.74) is 8.98. The van der Waals surface area contributed by atoms with Gasteiger partial charge in [0.05, 0.1) is 148 Å². The van der Waals surface area contributed by atoms with Crippen LogP contribution in [-0.4, -0.2) is 243 Å². The fraction of sp³-hybridized carbons (Fsp3) is 0.420. The molecule has 3 fully saturated rings. The number of hydrogen-bond acceptors (Lipinski definition) is 35. The van der Waals surface area contributed by atoms with Crippen LogP contribution in [0.2, 0.25) is 20.1 Å². The number of morpholine rings is 3. The number of ether oxygens (including phenoxy) is 9. The maximum Gasteiger partial charge on any atom is 1.00 e. The van der Waals surface area contributed by atoms with Crippen LogP contribution in [0.1, 0.15) is 89.9 Å². The standard InChI is InChI=1S/C19H17Cl2FN2O3S.C13H14FIN2O3S.C9H8INO4S2.C9H8INO2S2.C9H10N2O2S2.C6H5BCl2O2.C6H6N2S2.C5H10FNO.C4H8O2S.CH2I2.Na.H2O/c1-3-26-19(25)17-15(13-5-4-11(20)8-14(13)21)16(23-2)18(28-17)24-6-7-27-12(9-22)10-24;1-3-19-13(18)11-9(15)10(16-2)12(21-11)17-4-5-20-8(6-14)7-17;1-4-15-8(12)7-5(10)6(11-2)9(16-7)17(3,13)14;2*1-4-13-8(12)7-5(10)6(11-2)9(14-3)15-7;8-4-1-2-5(7(10)11)6(9)3-4;1-8-5(4-7)6(9-2)10-3;6-3-5-4-7-1-2-8-5;1-2-6-4(5)3-7;2-1-3;;/h4-5,8,12H,3,6-7,9-10H2,1H3;8H,3-7H2,1H3;4H2,1,3H3;4H2,1,3H3;4,10H2,1,3H3;1-3,10-11H;2-3H3;5,7H,1-4H2;7H,2-3H2,1H3;1H2;;1H2/q;;;;;;;;;;+1;/p-1. The van der Waals surface area contributed by atoms with Gasteiger partial charge in [0.2, 0.25) is 28.4 Å². The van der Waals surface area contributed by atoms with Gasteiger partial charge in [-0.25, -0.2) is 79.9 Å². The molecule has 0 amide bonds. The van der Waals surface area contributed by atoms with Crippen molar-refractivity contribution in [3.63, 3.8) is 0 Å². The van der Waals surface area contributed by atoms with E-state index in [1.807, 2.05) is 86.1 Å². The van der Waals surface area contributed by atoms with E-state index in [4.69, 9.17) is 145 Å². The Morgan fingerprint density at radius 3 is 1.32 bits per heavy atom. The van der Waals surface area contributed by atoms with Crippen molar-refractivity contribution in [3.8, 4) is 17.2 Å². The third-order valence-corrected chi connectivity index (χ3v) is 33.5. The summed E-state index contributed by atoms with van der Waals surface area (Å²) in [5, 5.41) is 31.7. The zero-order chi connectivity index (χ0) is 102. The molecule has 3 aliphatic rings. The van der Waals surface area contributed by atoms with Crippen LogP contribution >= 0.6 is 276 Å². The minimum atomic E-state index is -3.50. The van der Waals surface area contributed by atoms with Crippen LogP contribution in [0.25, 0.3) is 40.2 Å². The molecule has 3 saturated heterocycles. The number of nitrogens with zero attached hydrogens (tertiary/aromatic N) is 9. The molecule has 137 heavy (non-hydrogen) atoms. The molecular weight excluding hydrogens is 2670 g/mol. The number of esters is 6. The van der Waals surface area contributed by atoms with Gasteiger partial charge < -0.3 is 79.0 Å². The molecule has 742 valence electrons. The number of carbonyl (C=O) groups is 6. The number of nitrogen functional groups attached to an aromatic ring is 1. The number of sulfone groups is 1. The van der Waals surface area contributed by atoms with Gasteiger partial charge in [-0.3, -0.25) is 4.79 Å². The summed E-state index contributed by atoms with van der Waals surface area (Å²) < 4.78 is 111. The van der Waals surface area contributed by atoms with Gasteiger partial charge >= 0.3 is 72.5 Å². The van der Waals surface area contributed by atoms with E-state index in [-0.39, 0.29) is 133 Å². The molecule has 8 heterocycles. The van der Waals surface area contributed by atoms with Gasteiger partial charge in [0.1, 0.15) is 60.8 Å². The van der Waals surface area contributed by atoms with E-state index in [1.165, 1.54) is 95.6 Å². The first kappa shape index (κ1) is 135. The van der Waals surface area contributed by atoms with E-state index in [1.54, 1.807) is 88.4 Å². The van der Waals surface area contributed by atoms with Crippen molar-refractivity contribution >= 4 is 378 Å². The van der Waals surface area contributed by atoms with Crippen molar-refractivity contribution in [2.75, 3.05) is 174 Å². The summed E-state index contributed by atoms with van der Waals surface area (Å²) in [7, 11) is -5.05. The van der Waals surface area contributed by atoms with Crippen molar-refractivity contribution in [1.29, 1.82) is 5.26 Å². The fourth-order valence-corrected chi connectivity index (χ4v) is 23.9. The summed E-state index contributed by atoms with van der Waals surface area (Å²) in [5.74, 6) is -2.42. The number of halogens is 12. The third kappa shape index (κ3) is 44.7. The van der Waals surface area contributed by atoms with Gasteiger partial charge in [0.15, 0.2) is 9.84 Å². The topological polar surface area (TPSA) is 385 Å². The maximum absolute atomic E-state index is 13.1. The quantitative estimate of drug-likeness (QED) is 0.00432. The van der Waals surface area contributed by atoms with Crippen molar-refractivity contribution in [1.82, 2.24) is 5.32 Å². The van der Waals surface area contributed by atoms with Crippen LogP contribution in [0.3, 0.4) is 0 Å². The Labute approximate surface area is 947 Å². The molecule has 2 aromatic carbocycles. The molecule has 10 rings (SSSR count). The monoisotopic (exact) mass is 2750 g/mol. The molecule has 0 aliphatic carbocycles. The van der Waals surface area contributed by atoms with Crippen molar-refractivity contribution in [2.45, 2.75) is 72.5 Å². The molecule has 7 aromatic rings. The van der Waals surface area contributed by atoms with Gasteiger partial charge in [-0.1, -0.05) is 171 Å². The minimum absolute atomic E-state index is 0. The minimum Gasteiger partial charge on any atom is -0.870 e. The van der Waals surface area contributed by atoms with E-state index in [9.17, 15) is 50.4 Å². The number of carbonyl (C=O) groups excluding carboxylic acids is 6. The molecular formula is C81H89BCl4F3I5N11NaO20S11. The second-order valence-corrected chi connectivity index (χ2v) is 45.5. The van der Waals surface area contributed by atoms with E-state index in [0.717, 1.165) is 48.1 Å². The number of nitrogens with one attached hydrogen (secondary N) is 1. The summed E-state index contributed by atoms with van der Waals surface area (Å²) in [6, 6.07) is 11.2. The first-order valence-corrected chi connectivity index (χ1v) is 57.7. The van der Waals surface area contributed by atoms with Gasteiger partial charge in [0.25, 0.3) is 5.70 Å². The Morgan fingerprint density at radius 2 is 0.985 bits per heavy atom. The first-order chi connectivity index (χ1) is 64.3.